The molecule has 116 valence electrons. The Bertz CT molecular complexity index is 487. The third-order valence-corrected chi connectivity index (χ3v) is 4.75. The van der Waals surface area contributed by atoms with Crippen LogP contribution in [0.15, 0.2) is 17.2 Å². The van der Waals surface area contributed by atoms with E-state index < -0.39 is 10.0 Å². The summed E-state index contributed by atoms with van der Waals surface area (Å²) in [6.45, 7) is 1.84. The van der Waals surface area contributed by atoms with E-state index in [-0.39, 0.29) is 11.4 Å². The molecule has 0 amide bonds. The van der Waals surface area contributed by atoms with Gasteiger partial charge in [0.2, 0.25) is 10.0 Å². The number of hydrogen-bond acceptors (Lipinski definition) is 5. The molecule has 0 aromatic carbocycles. The SMILES string of the molecule is COCCCN(CCOC)S(=O)(=O)c1c[nH]c(CN)c1. The summed E-state index contributed by atoms with van der Waals surface area (Å²) in [6, 6.07) is 1.56. The van der Waals surface area contributed by atoms with Crippen LogP contribution in [0.5, 0.6) is 0 Å². The Morgan fingerprint density at radius 3 is 2.50 bits per heavy atom. The van der Waals surface area contributed by atoms with Gasteiger partial charge in [-0.2, -0.15) is 4.31 Å². The Labute approximate surface area is 120 Å². The van der Waals surface area contributed by atoms with Crippen LogP contribution in [0.4, 0.5) is 0 Å². The van der Waals surface area contributed by atoms with E-state index in [1.54, 1.807) is 20.3 Å². The van der Waals surface area contributed by atoms with Gasteiger partial charge >= 0.3 is 0 Å². The number of ether oxygens (including phenoxy) is 2. The third-order valence-electron chi connectivity index (χ3n) is 2.87. The number of rotatable bonds is 10. The smallest absolute Gasteiger partial charge is 0.244 e. The number of nitrogens with two attached hydrogens (primary N) is 1. The summed E-state index contributed by atoms with van der Waals surface area (Å²) in [5.74, 6) is 0. The number of hydrogen-bond donors (Lipinski definition) is 2. The van der Waals surface area contributed by atoms with E-state index >= 15 is 0 Å². The van der Waals surface area contributed by atoms with E-state index in [2.05, 4.69) is 4.98 Å². The van der Waals surface area contributed by atoms with Gasteiger partial charge in [-0.1, -0.05) is 0 Å². The maximum Gasteiger partial charge on any atom is 0.244 e. The highest BCUT2D eigenvalue weighted by atomic mass is 32.2. The molecule has 7 nitrogen and oxygen atoms in total. The largest absolute Gasteiger partial charge is 0.385 e. The van der Waals surface area contributed by atoms with Crippen molar-refractivity contribution in [1.82, 2.24) is 9.29 Å². The van der Waals surface area contributed by atoms with Crippen molar-refractivity contribution in [3.8, 4) is 0 Å². The highest BCUT2D eigenvalue weighted by molar-refractivity contribution is 7.89. The van der Waals surface area contributed by atoms with Gasteiger partial charge < -0.3 is 20.2 Å². The minimum absolute atomic E-state index is 0.228. The molecular weight excluding hydrogens is 282 g/mol. The van der Waals surface area contributed by atoms with Crippen molar-refractivity contribution in [1.29, 1.82) is 0 Å². The zero-order chi connectivity index (χ0) is 15.0. The lowest BCUT2D eigenvalue weighted by Gasteiger charge is -2.21. The van der Waals surface area contributed by atoms with Crippen molar-refractivity contribution in [2.45, 2.75) is 17.9 Å². The molecule has 1 heterocycles. The molecule has 8 heteroatoms. The topological polar surface area (TPSA) is 97.6 Å². The average molecular weight is 305 g/mol. The number of methoxy groups -OCH3 is 2. The van der Waals surface area contributed by atoms with Gasteiger partial charge in [-0.15, -0.1) is 0 Å². The fourth-order valence-corrected chi connectivity index (χ4v) is 3.25. The normalized spacial score (nSPS) is 12.2. The van der Waals surface area contributed by atoms with Gasteiger partial charge in [0.05, 0.1) is 11.5 Å². The molecule has 0 unspecified atom stereocenters. The second-order valence-corrected chi connectivity index (χ2v) is 6.25. The molecule has 0 radical (unpaired) electrons. The lowest BCUT2D eigenvalue weighted by Crippen LogP contribution is -2.35. The van der Waals surface area contributed by atoms with Gasteiger partial charge in [0.15, 0.2) is 0 Å². The summed E-state index contributed by atoms with van der Waals surface area (Å²) >= 11 is 0. The van der Waals surface area contributed by atoms with Gasteiger partial charge in [0.25, 0.3) is 0 Å². The summed E-state index contributed by atoms with van der Waals surface area (Å²) in [5.41, 5.74) is 6.17. The van der Waals surface area contributed by atoms with E-state index in [0.29, 0.717) is 38.4 Å². The van der Waals surface area contributed by atoms with Crippen LogP contribution in [-0.2, 0) is 26.0 Å². The molecular formula is C12H23N3O4S. The fourth-order valence-electron chi connectivity index (χ4n) is 1.77. The Morgan fingerprint density at radius 1 is 1.25 bits per heavy atom. The summed E-state index contributed by atoms with van der Waals surface area (Å²) in [5, 5.41) is 0. The quantitative estimate of drug-likeness (QED) is 0.600. The number of nitrogens with one attached hydrogen (secondary N) is 1. The first-order valence-corrected chi connectivity index (χ1v) is 7.85. The van der Waals surface area contributed by atoms with Crippen LogP contribution in [0, 0.1) is 0 Å². The van der Waals surface area contributed by atoms with Crippen molar-refractivity contribution < 1.29 is 17.9 Å². The van der Waals surface area contributed by atoms with E-state index in [1.165, 1.54) is 10.5 Å². The highest BCUT2D eigenvalue weighted by Crippen LogP contribution is 2.17. The molecule has 20 heavy (non-hydrogen) atoms. The number of sulfonamides is 1. The molecule has 0 aliphatic carbocycles. The van der Waals surface area contributed by atoms with Gasteiger partial charge in [0, 0.05) is 52.4 Å². The Kier molecular flexibility index (Phi) is 7.17. The minimum atomic E-state index is -3.53. The van der Waals surface area contributed by atoms with Crippen LogP contribution >= 0.6 is 0 Å². The summed E-state index contributed by atoms with van der Waals surface area (Å²) in [6.07, 6.45) is 2.10. The van der Waals surface area contributed by atoms with Gasteiger partial charge in [-0.05, 0) is 12.5 Å². The van der Waals surface area contributed by atoms with Gasteiger partial charge in [-0.25, -0.2) is 8.42 Å². The molecule has 1 rings (SSSR count). The average Bonchev–Trinajstić information content (AvgIpc) is 2.92. The van der Waals surface area contributed by atoms with Gasteiger partial charge in [0.1, 0.15) is 0 Å². The van der Waals surface area contributed by atoms with E-state index in [4.69, 9.17) is 15.2 Å². The van der Waals surface area contributed by atoms with Crippen LogP contribution in [-0.4, -0.2) is 58.2 Å². The van der Waals surface area contributed by atoms with Crippen LogP contribution < -0.4 is 5.73 Å². The first-order valence-electron chi connectivity index (χ1n) is 6.41. The summed E-state index contributed by atoms with van der Waals surface area (Å²) in [4.78, 5) is 3.08. The maximum absolute atomic E-state index is 12.5. The molecule has 0 saturated carbocycles. The zero-order valence-corrected chi connectivity index (χ0v) is 12.8. The Hall–Kier alpha value is -0.930. The van der Waals surface area contributed by atoms with Crippen molar-refractivity contribution in [2.75, 3.05) is 40.5 Å². The molecule has 3 N–H and O–H groups in total. The lowest BCUT2D eigenvalue weighted by atomic mass is 10.4. The summed E-state index contributed by atoms with van der Waals surface area (Å²) in [7, 11) is -0.397. The first-order chi connectivity index (χ1) is 9.56. The van der Waals surface area contributed by atoms with Crippen LogP contribution in [0.25, 0.3) is 0 Å². The van der Waals surface area contributed by atoms with E-state index in [9.17, 15) is 8.42 Å². The van der Waals surface area contributed by atoms with E-state index in [1.807, 2.05) is 0 Å². The lowest BCUT2D eigenvalue weighted by molar-refractivity contribution is 0.164. The molecule has 0 aliphatic rings. The van der Waals surface area contributed by atoms with E-state index in [0.717, 1.165) is 0 Å². The van der Waals surface area contributed by atoms with Gasteiger partial charge in [-0.3, -0.25) is 0 Å². The Balaban J connectivity index is 2.85. The second-order valence-electron chi connectivity index (χ2n) is 4.31. The molecule has 1 aromatic heterocycles. The van der Waals surface area contributed by atoms with Crippen LogP contribution in [0.1, 0.15) is 12.1 Å². The maximum atomic E-state index is 12.5. The molecule has 0 spiro atoms. The van der Waals surface area contributed by atoms with Crippen LogP contribution in [0.2, 0.25) is 0 Å². The molecule has 0 bridgehead atoms. The van der Waals surface area contributed by atoms with Crippen molar-refractivity contribution in [2.24, 2.45) is 5.73 Å². The number of nitrogens with zero attached hydrogens (tertiary/aromatic N) is 1. The molecule has 1 aromatic rings. The summed E-state index contributed by atoms with van der Waals surface area (Å²) < 4.78 is 36.4. The molecule has 0 atom stereocenters. The van der Waals surface area contributed by atoms with Crippen LogP contribution in [0.3, 0.4) is 0 Å². The minimum Gasteiger partial charge on any atom is -0.385 e. The van der Waals surface area contributed by atoms with Crippen molar-refractivity contribution in [3.05, 3.63) is 18.0 Å². The molecule has 0 aliphatic heterocycles. The molecule has 0 fully saturated rings. The molecule has 0 saturated heterocycles. The predicted molar refractivity (Wildman–Crippen MR) is 75.8 cm³/mol. The third kappa shape index (κ3) is 4.57. The second kappa shape index (κ2) is 8.38. The zero-order valence-electron chi connectivity index (χ0n) is 12.0. The number of aromatic amines is 1. The first kappa shape index (κ1) is 17.1. The Morgan fingerprint density at radius 2 is 1.95 bits per heavy atom. The van der Waals surface area contributed by atoms with Crippen molar-refractivity contribution >= 4 is 10.0 Å². The number of H-pyrrole nitrogens is 1. The fraction of sp³-hybridized carbons (Fsp3) is 0.667. The van der Waals surface area contributed by atoms with Crippen molar-refractivity contribution in [3.63, 3.8) is 0 Å². The predicted octanol–water partition coefficient (Wildman–Crippen LogP) is 0.147. The number of aromatic nitrogens is 1. The standard InChI is InChI=1S/C12H23N3O4S/c1-18-6-3-4-15(5-7-19-2)20(16,17)12-8-11(9-13)14-10-12/h8,10,14H,3-7,9,13H2,1-2H3. The monoisotopic (exact) mass is 305 g/mol. The highest BCUT2D eigenvalue weighted by Gasteiger charge is 2.24.